The smallest absolute Gasteiger partial charge is 0.254 e. The Morgan fingerprint density at radius 3 is 2.72 bits per heavy atom. The van der Waals surface area contributed by atoms with Crippen molar-refractivity contribution in [2.24, 2.45) is 5.73 Å². The first kappa shape index (κ1) is 13.1. The molecule has 1 aromatic rings. The highest BCUT2D eigenvalue weighted by Gasteiger charge is 2.36. The number of nitrogens with two attached hydrogens (primary N) is 1. The number of hydrogen-bond acceptors (Lipinski definition) is 2. The Morgan fingerprint density at radius 1 is 1.39 bits per heavy atom. The van der Waals surface area contributed by atoms with E-state index < -0.39 is 0 Å². The van der Waals surface area contributed by atoms with Gasteiger partial charge in [-0.25, -0.2) is 0 Å². The van der Waals surface area contributed by atoms with Crippen molar-refractivity contribution in [3.8, 4) is 0 Å². The maximum Gasteiger partial charge on any atom is 0.254 e. The number of likely N-dealkylation sites (tertiary alicyclic amines) is 1. The van der Waals surface area contributed by atoms with E-state index in [4.69, 9.17) is 5.73 Å². The molecule has 1 aliphatic heterocycles. The fourth-order valence-electron chi connectivity index (χ4n) is 2.56. The van der Waals surface area contributed by atoms with Crippen molar-refractivity contribution >= 4 is 5.91 Å². The summed E-state index contributed by atoms with van der Waals surface area (Å²) in [5.41, 5.74) is 7.72. The average Bonchev–Trinajstić information content (AvgIpc) is 2.32. The van der Waals surface area contributed by atoms with Gasteiger partial charge in [0.15, 0.2) is 0 Å². The Kier molecular flexibility index (Phi) is 3.44. The highest BCUT2D eigenvalue weighted by atomic mass is 16.2. The number of aryl methyl sites for hydroxylation is 1. The molecule has 1 aromatic carbocycles. The lowest BCUT2D eigenvalue weighted by atomic mass is 9.87. The first-order valence-electron chi connectivity index (χ1n) is 6.55. The molecule has 0 bridgehead atoms. The second-order valence-corrected chi connectivity index (χ2v) is 5.84. The predicted octanol–water partition coefficient (Wildman–Crippen LogP) is 2.34. The lowest BCUT2D eigenvalue weighted by Gasteiger charge is -2.45. The molecule has 1 heterocycles. The van der Waals surface area contributed by atoms with Crippen molar-refractivity contribution in [3.63, 3.8) is 0 Å². The Hall–Kier alpha value is -1.35. The second-order valence-electron chi connectivity index (χ2n) is 5.84. The van der Waals surface area contributed by atoms with Crippen molar-refractivity contribution in [1.29, 1.82) is 0 Å². The molecule has 1 fully saturated rings. The summed E-state index contributed by atoms with van der Waals surface area (Å²) in [5.74, 6) is 0.105. The molecule has 0 aliphatic carbocycles. The van der Waals surface area contributed by atoms with Crippen LogP contribution in [0.2, 0.25) is 0 Å². The molecule has 1 aliphatic rings. The van der Waals surface area contributed by atoms with Gasteiger partial charge in [-0.3, -0.25) is 4.79 Å². The number of benzene rings is 1. The van der Waals surface area contributed by atoms with E-state index in [0.717, 1.165) is 24.0 Å². The van der Waals surface area contributed by atoms with Gasteiger partial charge < -0.3 is 10.6 Å². The number of carbonyl (C=O) groups is 1. The van der Waals surface area contributed by atoms with E-state index in [0.29, 0.717) is 6.54 Å². The van der Waals surface area contributed by atoms with Gasteiger partial charge in [0, 0.05) is 23.7 Å². The lowest BCUT2D eigenvalue weighted by molar-refractivity contribution is 0.0394. The summed E-state index contributed by atoms with van der Waals surface area (Å²) in [4.78, 5) is 14.6. The zero-order valence-electron chi connectivity index (χ0n) is 11.4. The summed E-state index contributed by atoms with van der Waals surface area (Å²) in [6.07, 6.45) is 1.95. The molecule has 1 saturated heterocycles. The molecule has 2 rings (SSSR count). The maximum absolute atomic E-state index is 12.7. The standard InChI is InChI=1S/C15H22N2O/c1-11-6-4-5-7-13(11)14(18)17-10-12(16)8-9-15(17,2)3/h4-7,12H,8-10,16H2,1-3H3. The third-order valence-corrected chi connectivity index (χ3v) is 3.90. The first-order chi connectivity index (χ1) is 8.42. The van der Waals surface area contributed by atoms with E-state index >= 15 is 0 Å². The third-order valence-electron chi connectivity index (χ3n) is 3.90. The Balaban J connectivity index is 2.30. The van der Waals surface area contributed by atoms with Crippen molar-refractivity contribution < 1.29 is 4.79 Å². The Bertz CT molecular complexity index is 454. The van der Waals surface area contributed by atoms with Crippen LogP contribution in [-0.2, 0) is 0 Å². The average molecular weight is 246 g/mol. The summed E-state index contributed by atoms with van der Waals surface area (Å²) in [5, 5.41) is 0. The molecule has 3 heteroatoms. The van der Waals surface area contributed by atoms with Gasteiger partial charge in [0.2, 0.25) is 0 Å². The van der Waals surface area contributed by atoms with Crippen LogP contribution in [0, 0.1) is 6.92 Å². The van der Waals surface area contributed by atoms with E-state index in [1.54, 1.807) is 0 Å². The van der Waals surface area contributed by atoms with Gasteiger partial charge in [0.05, 0.1) is 0 Å². The van der Waals surface area contributed by atoms with Crippen LogP contribution in [0.25, 0.3) is 0 Å². The van der Waals surface area contributed by atoms with E-state index in [1.807, 2.05) is 36.1 Å². The van der Waals surface area contributed by atoms with E-state index in [1.165, 1.54) is 0 Å². The van der Waals surface area contributed by atoms with E-state index in [-0.39, 0.29) is 17.5 Å². The summed E-state index contributed by atoms with van der Waals surface area (Å²) >= 11 is 0. The quantitative estimate of drug-likeness (QED) is 0.826. The Morgan fingerprint density at radius 2 is 2.06 bits per heavy atom. The summed E-state index contributed by atoms with van der Waals surface area (Å²) in [6, 6.07) is 7.85. The highest BCUT2D eigenvalue weighted by molar-refractivity contribution is 5.96. The molecular formula is C15H22N2O. The minimum Gasteiger partial charge on any atom is -0.332 e. The fraction of sp³-hybridized carbons (Fsp3) is 0.533. The number of rotatable bonds is 1. The zero-order valence-corrected chi connectivity index (χ0v) is 11.4. The minimum absolute atomic E-state index is 0.102. The second kappa shape index (κ2) is 4.73. The number of amides is 1. The molecular weight excluding hydrogens is 224 g/mol. The molecule has 1 amide bonds. The molecule has 3 nitrogen and oxygen atoms in total. The van der Waals surface area contributed by atoms with Crippen LogP contribution in [0.15, 0.2) is 24.3 Å². The lowest BCUT2D eigenvalue weighted by Crippen LogP contribution is -2.56. The van der Waals surface area contributed by atoms with E-state index in [2.05, 4.69) is 13.8 Å². The van der Waals surface area contributed by atoms with Crippen molar-refractivity contribution in [3.05, 3.63) is 35.4 Å². The van der Waals surface area contributed by atoms with E-state index in [9.17, 15) is 4.79 Å². The van der Waals surface area contributed by atoms with Gasteiger partial charge in [-0.05, 0) is 45.2 Å². The molecule has 0 aromatic heterocycles. The highest BCUT2D eigenvalue weighted by Crippen LogP contribution is 2.28. The van der Waals surface area contributed by atoms with Gasteiger partial charge >= 0.3 is 0 Å². The van der Waals surface area contributed by atoms with Crippen LogP contribution in [0.1, 0.15) is 42.6 Å². The summed E-state index contributed by atoms with van der Waals surface area (Å²) < 4.78 is 0. The molecule has 1 unspecified atom stereocenters. The van der Waals surface area contributed by atoms with Crippen LogP contribution in [0.3, 0.4) is 0 Å². The van der Waals surface area contributed by atoms with Gasteiger partial charge in [-0.2, -0.15) is 0 Å². The topological polar surface area (TPSA) is 46.3 Å². The normalized spacial score (nSPS) is 22.9. The van der Waals surface area contributed by atoms with Crippen molar-refractivity contribution in [1.82, 2.24) is 4.90 Å². The number of hydrogen-bond donors (Lipinski definition) is 1. The van der Waals surface area contributed by atoms with Crippen LogP contribution < -0.4 is 5.73 Å². The van der Waals surface area contributed by atoms with Crippen LogP contribution in [0.4, 0.5) is 0 Å². The molecule has 18 heavy (non-hydrogen) atoms. The van der Waals surface area contributed by atoms with Crippen molar-refractivity contribution in [2.75, 3.05) is 6.54 Å². The molecule has 0 radical (unpaired) electrons. The fourth-order valence-corrected chi connectivity index (χ4v) is 2.56. The van der Waals surface area contributed by atoms with Crippen LogP contribution >= 0.6 is 0 Å². The third kappa shape index (κ3) is 2.41. The number of piperidine rings is 1. The maximum atomic E-state index is 12.7. The molecule has 1 atom stereocenters. The monoisotopic (exact) mass is 246 g/mol. The van der Waals surface area contributed by atoms with Crippen molar-refractivity contribution in [2.45, 2.75) is 45.2 Å². The molecule has 98 valence electrons. The predicted molar refractivity (Wildman–Crippen MR) is 73.5 cm³/mol. The minimum atomic E-state index is -0.102. The molecule has 2 N–H and O–H groups in total. The van der Waals surface area contributed by atoms with Crippen LogP contribution in [0.5, 0.6) is 0 Å². The first-order valence-corrected chi connectivity index (χ1v) is 6.55. The number of carbonyl (C=O) groups excluding carboxylic acids is 1. The zero-order chi connectivity index (χ0) is 13.3. The van der Waals surface area contributed by atoms with Gasteiger partial charge in [-0.15, -0.1) is 0 Å². The molecule has 0 spiro atoms. The van der Waals surface area contributed by atoms with Crippen LogP contribution in [-0.4, -0.2) is 28.9 Å². The molecule has 0 saturated carbocycles. The SMILES string of the molecule is Cc1ccccc1C(=O)N1CC(N)CCC1(C)C. The van der Waals surface area contributed by atoms with Gasteiger partial charge in [0.1, 0.15) is 0 Å². The van der Waals surface area contributed by atoms with Gasteiger partial charge in [-0.1, -0.05) is 18.2 Å². The number of nitrogens with zero attached hydrogens (tertiary/aromatic N) is 1. The summed E-state index contributed by atoms with van der Waals surface area (Å²) in [7, 11) is 0. The van der Waals surface area contributed by atoms with Gasteiger partial charge in [0.25, 0.3) is 5.91 Å². The summed E-state index contributed by atoms with van der Waals surface area (Å²) in [6.45, 7) is 6.87. The Labute approximate surface area is 109 Å². The largest absolute Gasteiger partial charge is 0.332 e.